The Morgan fingerprint density at radius 1 is 1.19 bits per heavy atom. The molecule has 0 fully saturated rings. The Kier molecular flexibility index (Phi) is 4.99. The molecule has 0 aliphatic carbocycles. The summed E-state index contributed by atoms with van der Waals surface area (Å²) in [6.45, 7) is 5.41. The van der Waals surface area contributed by atoms with E-state index in [4.69, 9.17) is 14.0 Å². The molecule has 1 atom stereocenters. The second-order valence-electron chi connectivity index (χ2n) is 6.35. The van der Waals surface area contributed by atoms with Gasteiger partial charge in [0.2, 0.25) is 0 Å². The second-order valence-corrected chi connectivity index (χ2v) is 7.34. The molecule has 0 saturated heterocycles. The first-order chi connectivity index (χ1) is 13.2. The highest BCUT2D eigenvalue weighted by Crippen LogP contribution is 2.46. The number of hydrogen-bond acceptors (Lipinski definition) is 6. The predicted molar refractivity (Wildman–Crippen MR) is 108 cm³/mol. The first kappa shape index (κ1) is 17.8. The van der Waals surface area contributed by atoms with Crippen LogP contribution in [0, 0.1) is 6.92 Å². The molecule has 0 N–H and O–H groups in total. The van der Waals surface area contributed by atoms with Gasteiger partial charge in [-0.1, -0.05) is 17.3 Å². The molecule has 27 heavy (non-hydrogen) atoms. The fourth-order valence-electron chi connectivity index (χ4n) is 3.32. The number of aryl methyl sites for hydroxylation is 1. The van der Waals surface area contributed by atoms with Crippen LogP contribution in [0.4, 0.5) is 0 Å². The largest absolute Gasteiger partial charge is 0.496 e. The minimum absolute atomic E-state index is 0.0718. The zero-order valence-corrected chi connectivity index (χ0v) is 16.5. The van der Waals surface area contributed by atoms with E-state index in [-0.39, 0.29) is 5.37 Å². The number of ether oxygens (including phenoxy) is 2. The minimum atomic E-state index is 0.0718. The van der Waals surface area contributed by atoms with E-state index in [1.54, 1.807) is 18.9 Å². The molecule has 2 aromatic carbocycles. The quantitative estimate of drug-likeness (QED) is 0.579. The van der Waals surface area contributed by atoms with Crippen molar-refractivity contribution in [3.05, 3.63) is 64.8 Å². The summed E-state index contributed by atoms with van der Waals surface area (Å²) < 4.78 is 16.8. The number of rotatable bonds is 6. The zero-order valence-electron chi connectivity index (χ0n) is 15.6. The topological polar surface area (TPSA) is 47.7 Å². The molecule has 6 heteroatoms. The molecule has 1 aliphatic heterocycles. The third kappa shape index (κ3) is 3.37. The Bertz CT molecular complexity index is 965. The summed E-state index contributed by atoms with van der Waals surface area (Å²) in [5.41, 5.74) is 3.93. The lowest BCUT2D eigenvalue weighted by Gasteiger charge is -2.26. The lowest BCUT2D eigenvalue weighted by Crippen LogP contribution is -2.18. The standard InChI is InChI=1S/C21H22N2O3S/c1-4-25-16-7-5-15(6-8-16)13-23-11-12-27-21(23)19-18(24-3)10-9-17-14(2)22-26-20(17)19/h5-12,21H,4,13H2,1-3H3. The molecule has 0 spiro atoms. The monoisotopic (exact) mass is 382 g/mol. The summed E-state index contributed by atoms with van der Waals surface area (Å²) in [6.07, 6.45) is 2.12. The first-order valence-electron chi connectivity index (χ1n) is 8.93. The SMILES string of the molecule is CCOc1ccc(CN2C=CSC2c2c(OC)ccc3c(C)noc23)cc1. The number of aromatic nitrogens is 1. The van der Waals surface area contributed by atoms with Crippen LogP contribution in [0.1, 0.15) is 29.1 Å². The van der Waals surface area contributed by atoms with Gasteiger partial charge < -0.3 is 18.9 Å². The number of benzene rings is 2. The number of nitrogens with zero attached hydrogens (tertiary/aromatic N) is 2. The summed E-state index contributed by atoms with van der Waals surface area (Å²) in [7, 11) is 1.69. The molecule has 3 aromatic rings. The molecular weight excluding hydrogens is 360 g/mol. The van der Waals surface area contributed by atoms with E-state index in [1.165, 1.54) is 5.56 Å². The highest BCUT2D eigenvalue weighted by molar-refractivity contribution is 8.02. The van der Waals surface area contributed by atoms with Crippen molar-refractivity contribution in [2.45, 2.75) is 25.8 Å². The summed E-state index contributed by atoms with van der Waals surface area (Å²) in [5.74, 6) is 1.71. The van der Waals surface area contributed by atoms with Crippen molar-refractivity contribution in [2.24, 2.45) is 0 Å². The van der Waals surface area contributed by atoms with Crippen LogP contribution in [-0.2, 0) is 6.54 Å². The van der Waals surface area contributed by atoms with E-state index in [9.17, 15) is 0 Å². The lowest BCUT2D eigenvalue weighted by atomic mass is 10.1. The smallest absolute Gasteiger partial charge is 0.177 e. The fourth-order valence-corrected chi connectivity index (χ4v) is 4.36. The average molecular weight is 382 g/mol. The van der Waals surface area contributed by atoms with Crippen molar-refractivity contribution < 1.29 is 14.0 Å². The van der Waals surface area contributed by atoms with Crippen LogP contribution in [0.15, 0.2) is 52.5 Å². The maximum atomic E-state index is 5.66. The summed E-state index contributed by atoms with van der Waals surface area (Å²) in [4.78, 5) is 2.29. The Labute approximate surface area is 162 Å². The van der Waals surface area contributed by atoms with Gasteiger partial charge >= 0.3 is 0 Å². The highest BCUT2D eigenvalue weighted by Gasteiger charge is 2.29. The summed E-state index contributed by atoms with van der Waals surface area (Å²) >= 11 is 1.74. The number of thioether (sulfide) groups is 1. The maximum absolute atomic E-state index is 5.66. The van der Waals surface area contributed by atoms with Crippen LogP contribution < -0.4 is 9.47 Å². The van der Waals surface area contributed by atoms with Gasteiger partial charge in [-0.15, -0.1) is 11.8 Å². The molecule has 0 amide bonds. The van der Waals surface area contributed by atoms with Gasteiger partial charge in [0, 0.05) is 18.1 Å². The maximum Gasteiger partial charge on any atom is 0.177 e. The van der Waals surface area contributed by atoms with E-state index in [2.05, 4.69) is 33.8 Å². The van der Waals surface area contributed by atoms with E-state index in [0.717, 1.165) is 40.3 Å². The Morgan fingerprint density at radius 3 is 2.74 bits per heavy atom. The van der Waals surface area contributed by atoms with Crippen molar-refractivity contribution >= 4 is 22.7 Å². The normalized spacial score (nSPS) is 16.3. The average Bonchev–Trinajstić information content (AvgIpc) is 3.29. The van der Waals surface area contributed by atoms with Gasteiger partial charge in [-0.2, -0.15) is 0 Å². The molecule has 2 heterocycles. The van der Waals surface area contributed by atoms with Gasteiger partial charge in [0.25, 0.3) is 0 Å². The van der Waals surface area contributed by atoms with Crippen LogP contribution in [-0.4, -0.2) is 23.8 Å². The Hall–Kier alpha value is -2.60. The fraction of sp³-hybridized carbons (Fsp3) is 0.286. The number of fused-ring (bicyclic) bond motifs is 1. The molecular formula is C21H22N2O3S. The molecule has 1 aromatic heterocycles. The van der Waals surface area contributed by atoms with E-state index in [1.807, 2.05) is 38.1 Å². The Morgan fingerprint density at radius 2 is 2.00 bits per heavy atom. The van der Waals surface area contributed by atoms with Crippen molar-refractivity contribution in [2.75, 3.05) is 13.7 Å². The molecule has 1 unspecified atom stereocenters. The van der Waals surface area contributed by atoms with Gasteiger partial charge in [-0.3, -0.25) is 0 Å². The van der Waals surface area contributed by atoms with Gasteiger partial charge in [0.15, 0.2) is 5.58 Å². The number of hydrogen-bond donors (Lipinski definition) is 0. The van der Waals surface area contributed by atoms with Crippen molar-refractivity contribution in [3.63, 3.8) is 0 Å². The van der Waals surface area contributed by atoms with Crippen molar-refractivity contribution in [1.82, 2.24) is 10.1 Å². The molecule has 5 nitrogen and oxygen atoms in total. The minimum Gasteiger partial charge on any atom is -0.496 e. The Balaban J connectivity index is 1.65. The van der Waals surface area contributed by atoms with Gasteiger partial charge in [-0.25, -0.2) is 0 Å². The van der Waals surface area contributed by atoms with Gasteiger partial charge in [0.1, 0.15) is 16.9 Å². The molecule has 0 bridgehead atoms. The van der Waals surface area contributed by atoms with E-state index in [0.29, 0.717) is 6.61 Å². The van der Waals surface area contributed by atoms with E-state index < -0.39 is 0 Å². The molecule has 0 radical (unpaired) electrons. The van der Waals surface area contributed by atoms with Crippen LogP contribution >= 0.6 is 11.8 Å². The van der Waals surface area contributed by atoms with Crippen LogP contribution in [0.25, 0.3) is 11.0 Å². The third-order valence-electron chi connectivity index (χ3n) is 4.65. The molecule has 4 rings (SSSR count). The molecule has 1 aliphatic rings. The van der Waals surface area contributed by atoms with Crippen molar-refractivity contribution in [1.29, 1.82) is 0 Å². The van der Waals surface area contributed by atoms with Gasteiger partial charge in [-0.05, 0) is 49.1 Å². The summed E-state index contributed by atoms with van der Waals surface area (Å²) in [5, 5.41) is 7.36. The first-order valence-corrected chi connectivity index (χ1v) is 9.88. The van der Waals surface area contributed by atoms with Crippen LogP contribution in [0.2, 0.25) is 0 Å². The molecule has 140 valence electrons. The van der Waals surface area contributed by atoms with Crippen LogP contribution in [0.3, 0.4) is 0 Å². The zero-order chi connectivity index (χ0) is 18.8. The summed E-state index contributed by atoms with van der Waals surface area (Å²) in [6, 6.07) is 12.2. The third-order valence-corrected chi connectivity index (χ3v) is 5.69. The van der Waals surface area contributed by atoms with Crippen LogP contribution in [0.5, 0.6) is 11.5 Å². The van der Waals surface area contributed by atoms with Gasteiger partial charge in [0.05, 0.1) is 25.0 Å². The van der Waals surface area contributed by atoms with Crippen molar-refractivity contribution in [3.8, 4) is 11.5 Å². The lowest BCUT2D eigenvalue weighted by molar-refractivity contribution is 0.336. The molecule has 0 saturated carbocycles. The highest BCUT2D eigenvalue weighted by atomic mass is 32.2. The number of methoxy groups -OCH3 is 1. The van der Waals surface area contributed by atoms with E-state index >= 15 is 0 Å². The predicted octanol–water partition coefficient (Wildman–Crippen LogP) is 5.26. The second kappa shape index (κ2) is 7.56.